The zero-order valence-electron chi connectivity index (χ0n) is 13.6. The first-order valence-corrected chi connectivity index (χ1v) is 8.42. The van der Waals surface area contributed by atoms with Crippen LogP contribution in [0.1, 0.15) is 29.9 Å². The third-order valence-corrected chi connectivity index (χ3v) is 4.40. The fourth-order valence-corrected chi connectivity index (χ4v) is 2.81. The Hall–Kier alpha value is -1.98. The van der Waals surface area contributed by atoms with Gasteiger partial charge in [-0.05, 0) is 49.6 Å². The Balaban J connectivity index is 1.64. The number of furan rings is 1. The monoisotopic (exact) mass is 348 g/mol. The number of nitrogens with one attached hydrogen (secondary N) is 1. The lowest BCUT2D eigenvalue weighted by Crippen LogP contribution is -2.36. The molecule has 2 aromatic rings. The molecule has 6 heteroatoms. The molecule has 5 nitrogen and oxygen atoms in total. The van der Waals surface area contributed by atoms with E-state index in [9.17, 15) is 9.90 Å². The number of halogens is 1. The molecule has 0 atom stereocenters. The van der Waals surface area contributed by atoms with E-state index < -0.39 is 0 Å². The predicted octanol–water partition coefficient (Wildman–Crippen LogP) is 3.34. The van der Waals surface area contributed by atoms with Gasteiger partial charge in [0.2, 0.25) is 5.91 Å². The Kier molecular flexibility index (Phi) is 5.11. The molecular weight excluding hydrogens is 328 g/mol. The Bertz CT molecular complexity index is 725. The van der Waals surface area contributed by atoms with Crippen LogP contribution < -0.4 is 5.32 Å². The molecular formula is C18H21ClN2O3. The van der Waals surface area contributed by atoms with Gasteiger partial charge in [-0.1, -0.05) is 17.7 Å². The molecule has 24 heavy (non-hydrogen) atoms. The molecule has 1 amide bonds. The van der Waals surface area contributed by atoms with Crippen molar-refractivity contribution in [2.24, 2.45) is 0 Å². The van der Waals surface area contributed by atoms with Crippen LogP contribution >= 0.6 is 11.6 Å². The van der Waals surface area contributed by atoms with E-state index in [0.29, 0.717) is 23.3 Å². The van der Waals surface area contributed by atoms with Gasteiger partial charge < -0.3 is 19.7 Å². The number of rotatable bonds is 7. The van der Waals surface area contributed by atoms with Crippen molar-refractivity contribution in [2.45, 2.75) is 39.0 Å². The fraction of sp³-hybridized carbons (Fsp3) is 0.389. The van der Waals surface area contributed by atoms with Crippen LogP contribution in [0.3, 0.4) is 0 Å². The Morgan fingerprint density at radius 1 is 1.38 bits per heavy atom. The van der Waals surface area contributed by atoms with Gasteiger partial charge in [-0.3, -0.25) is 4.79 Å². The number of benzene rings is 1. The van der Waals surface area contributed by atoms with E-state index in [2.05, 4.69) is 5.32 Å². The summed E-state index contributed by atoms with van der Waals surface area (Å²) in [5.74, 6) is 1.66. The molecule has 1 aliphatic rings. The van der Waals surface area contributed by atoms with Crippen molar-refractivity contribution >= 4 is 23.2 Å². The van der Waals surface area contributed by atoms with Crippen LogP contribution in [0, 0.1) is 6.92 Å². The Morgan fingerprint density at radius 2 is 2.17 bits per heavy atom. The average Bonchev–Trinajstić information content (AvgIpc) is 3.33. The maximum Gasteiger partial charge on any atom is 0.242 e. The highest BCUT2D eigenvalue weighted by Crippen LogP contribution is 2.29. The highest BCUT2D eigenvalue weighted by Gasteiger charge is 2.32. The van der Waals surface area contributed by atoms with Gasteiger partial charge >= 0.3 is 0 Å². The molecule has 0 radical (unpaired) electrons. The van der Waals surface area contributed by atoms with Crippen molar-refractivity contribution in [3.05, 3.63) is 52.4 Å². The first kappa shape index (κ1) is 16.9. The molecule has 128 valence electrons. The van der Waals surface area contributed by atoms with Crippen molar-refractivity contribution in [2.75, 3.05) is 11.9 Å². The number of aliphatic hydroxyl groups is 1. The zero-order chi connectivity index (χ0) is 17.1. The van der Waals surface area contributed by atoms with Gasteiger partial charge in [-0.15, -0.1) is 0 Å². The molecule has 2 N–H and O–H groups in total. The number of hydrogen-bond acceptors (Lipinski definition) is 4. The number of hydrogen-bond donors (Lipinski definition) is 2. The van der Waals surface area contributed by atoms with Crippen LogP contribution in [-0.2, 0) is 17.9 Å². The van der Waals surface area contributed by atoms with Crippen LogP contribution in [0.2, 0.25) is 5.02 Å². The second kappa shape index (κ2) is 7.28. The summed E-state index contributed by atoms with van der Waals surface area (Å²) in [6, 6.07) is 9.34. The van der Waals surface area contributed by atoms with Gasteiger partial charge in [0, 0.05) is 6.04 Å². The third-order valence-electron chi connectivity index (χ3n) is 4.07. The van der Waals surface area contributed by atoms with Gasteiger partial charge in [0.1, 0.15) is 11.5 Å². The molecule has 1 saturated carbocycles. The smallest absolute Gasteiger partial charge is 0.242 e. The summed E-state index contributed by atoms with van der Waals surface area (Å²) in [5.41, 5.74) is 1.40. The minimum atomic E-state index is -0.0637. The summed E-state index contributed by atoms with van der Waals surface area (Å²) < 4.78 is 5.59. The number of carbonyl (C=O) groups excluding carboxylic acids is 1. The molecule has 0 bridgehead atoms. The lowest BCUT2D eigenvalue weighted by atomic mass is 10.2. The second-order valence-corrected chi connectivity index (χ2v) is 6.50. The molecule has 1 heterocycles. The van der Waals surface area contributed by atoms with Gasteiger partial charge in [-0.2, -0.15) is 0 Å². The zero-order valence-corrected chi connectivity index (χ0v) is 14.3. The predicted molar refractivity (Wildman–Crippen MR) is 92.9 cm³/mol. The largest absolute Gasteiger partial charge is 0.464 e. The first-order valence-electron chi connectivity index (χ1n) is 8.05. The van der Waals surface area contributed by atoms with E-state index >= 15 is 0 Å². The van der Waals surface area contributed by atoms with E-state index in [4.69, 9.17) is 16.0 Å². The summed E-state index contributed by atoms with van der Waals surface area (Å²) in [4.78, 5) is 14.5. The molecule has 0 unspecified atom stereocenters. The van der Waals surface area contributed by atoms with Crippen molar-refractivity contribution < 1.29 is 14.3 Å². The van der Waals surface area contributed by atoms with Crippen LogP contribution in [-0.4, -0.2) is 28.5 Å². The Labute approximate surface area is 146 Å². The number of anilines is 1. The van der Waals surface area contributed by atoms with E-state index in [1.807, 2.05) is 24.0 Å². The van der Waals surface area contributed by atoms with Crippen molar-refractivity contribution in [1.82, 2.24) is 4.90 Å². The number of nitrogens with zero attached hydrogens (tertiary/aromatic N) is 1. The topological polar surface area (TPSA) is 65.7 Å². The number of aryl methyl sites for hydroxylation is 1. The minimum absolute atomic E-state index is 0.0111. The minimum Gasteiger partial charge on any atom is -0.464 e. The molecule has 0 saturated heterocycles. The third kappa shape index (κ3) is 4.10. The standard InChI is InChI=1S/C18H21ClN2O3/c1-12-2-6-15(24-12)10-21(14-4-5-14)18(23)9-20-17-8-13(11-22)3-7-16(17)19/h2-3,6-8,14,20,22H,4-5,9-11H2,1H3. The summed E-state index contributed by atoms with van der Waals surface area (Å²) in [7, 11) is 0. The molecule has 1 fully saturated rings. The normalized spacial score (nSPS) is 13.8. The summed E-state index contributed by atoms with van der Waals surface area (Å²) in [5, 5.41) is 12.8. The van der Waals surface area contributed by atoms with Crippen LogP contribution in [0.4, 0.5) is 5.69 Å². The van der Waals surface area contributed by atoms with Crippen LogP contribution in [0.15, 0.2) is 34.7 Å². The van der Waals surface area contributed by atoms with Gasteiger partial charge in [0.15, 0.2) is 0 Å². The van der Waals surface area contributed by atoms with E-state index in [-0.39, 0.29) is 19.1 Å². The summed E-state index contributed by atoms with van der Waals surface area (Å²) in [6.45, 7) is 2.48. The highest BCUT2D eigenvalue weighted by atomic mass is 35.5. The highest BCUT2D eigenvalue weighted by molar-refractivity contribution is 6.33. The van der Waals surface area contributed by atoms with Crippen molar-refractivity contribution in [3.8, 4) is 0 Å². The van der Waals surface area contributed by atoms with Gasteiger partial charge in [0.25, 0.3) is 0 Å². The molecule has 1 aromatic heterocycles. The fourth-order valence-electron chi connectivity index (χ4n) is 2.62. The second-order valence-electron chi connectivity index (χ2n) is 6.09. The van der Waals surface area contributed by atoms with E-state index in [1.165, 1.54) is 0 Å². The summed E-state index contributed by atoms with van der Waals surface area (Å²) in [6.07, 6.45) is 2.07. The SMILES string of the molecule is Cc1ccc(CN(C(=O)CNc2cc(CO)ccc2Cl)C2CC2)o1. The quantitative estimate of drug-likeness (QED) is 0.805. The maximum atomic E-state index is 12.6. The van der Waals surface area contributed by atoms with Crippen molar-refractivity contribution in [1.29, 1.82) is 0 Å². The molecule has 0 aliphatic heterocycles. The van der Waals surface area contributed by atoms with Gasteiger partial charge in [0.05, 0.1) is 30.4 Å². The van der Waals surface area contributed by atoms with Crippen LogP contribution in [0.25, 0.3) is 0 Å². The molecule has 1 aromatic carbocycles. The number of carbonyl (C=O) groups is 1. The van der Waals surface area contributed by atoms with E-state index in [1.54, 1.807) is 18.2 Å². The molecule has 0 spiro atoms. The molecule has 3 rings (SSSR count). The molecule has 1 aliphatic carbocycles. The summed E-state index contributed by atoms with van der Waals surface area (Å²) >= 11 is 6.14. The maximum absolute atomic E-state index is 12.6. The van der Waals surface area contributed by atoms with Crippen molar-refractivity contribution in [3.63, 3.8) is 0 Å². The lowest BCUT2D eigenvalue weighted by molar-refractivity contribution is -0.130. The number of amides is 1. The number of aliphatic hydroxyl groups excluding tert-OH is 1. The van der Waals surface area contributed by atoms with Gasteiger partial charge in [-0.25, -0.2) is 0 Å². The first-order chi connectivity index (χ1) is 11.6. The lowest BCUT2D eigenvalue weighted by Gasteiger charge is -2.22. The average molecular weight is 349 g/mol. The van der Waals surface area contributed by atoms with E-state index in [0.717, 1.165) is 29.9 Å². The van der Waals surface area contributed by atoms with Crippen LogP contribution in [0.5, 0.6) is 0 Å². The Morgan fingerprint density at radius 3 is 2.79 bits per heavy atom.